The predicted molar refractivity (Wildman–Crippen MR) is 77.2 cm³/mol. The predicted octanol–water partition coefficient (Wildman–Crippen LogP) is 1.64. The van der Waals surface area contributed by atoms with Crippen LogP contribution in [0.3, 0.4) is 0 Å². The fraction of sp³-hybridized carbons (Fsp3) is 0.500. The molecule has 7 heteroatoms. The quantitative estimate of drug-likeness (QED) is 0.843. The molecule has 2 rings (SSSR count). The maximum atomic E-state index is 7.98. The second kappa shape index (κ2) is 5.64. The lowest BCUT2D eigenvalue weighted by atomic mass is 10.3. The number of hydrogen-bond donors (Lipinski definition) is 2. The number of aryl methyl sites for hydroxylation is 1. The summed E-state index contributed by atoms with van der Waals surface area (Å²) in [6.45, 7) is 5.60. The molecule has 19 heavy (non-hydrogen) atoms. The highest BCUT2D eigenvalue weighted by atomic mass is 15.5. The molecule has 0 saturated carbocycles. The van der Waals surface area contributed by atoms with Gasteiger partial charge in [0.15, 0.2) is 5.84 Å². The molecule has 0 amide bonds. The molecule has 0 radical (unpaired) electrons. The molecule has 0 fully saturated rings. The summed E-state index contributed by atoms with van der Waals surface area (Å²) in [7, 11) is 0. The Labute approximate surface area is 112 Å². The number of nitrogen functional groups attached to an aromatic ring is 1. The van der Waals surface area contributed by atoms with Crippen LogP contribution in [0.1, 0.15) is 26.7 Å². The van der Waals surface area contributed by atoms with Gasteiger partial charge in [-0.25, -0.2) is 14.7 Å². The highest BCUT2D eigenvalue weighted by Crippen LogP contribution is 2.22. The van der Waals surface area contributed by atoms with Crippen molar-refractivity contribution in [1.29, 1.82) is 5.41 Å². The van der Waals surface area contributed by atoms with Crippen LogP contribution in [0.4, 0.5) is 11.5 Å². The van der Waals surface area contributed by atoms with Crippen molar-refractivity contribution in [1.82, 2.24) is 14.8 Å². The monoisotopic (exact) mass is 261 g/mol. The molecular weight excluding hydrogens is 242 g/mol. The zero-order valence-corrected chi connectivity index (χ0v) is 11.3. The van der Waals surface area contributed by atoms with Gasteiger partial charge in [0.25, 0.3) is 0 Å². The van der Waals surface area contributed by atoms with E-state index in [4.69, 9.17) is 11.1 Å². The van der Waals surface area contributed by atoms with E-state index in [1.807, 2.05) is 6.92 Å². The molecule has 1 aromatic heterocycles. The lowest BCUT2D eigenvalue weighted by Gasteiger charge is -2.11. The van der Waals surface area contributed by atoms with Gasteiger partial charge >= 0.3 is 0 Å². The highest BCUT2D eigenvalue weighted by Gasteiger charge is 2.20. The number of nitrogens with one attached hydrogen (secondary N) is 1. The summed E-state index contributed by atoms with van der Waals surface area (Å²) in [6.07, 6.45) is 5.11. The number of hydrogen-bond acceptors (Lipinski definition) is 5. The third-order valence-electron chi connectivity index (χ3n) is 2.79. The van der Waals surface area contributed by atoms with Gasteiger partial charge in [-0.3, -0.25) is 5.41 Å². The van der Waals surface area contributed by atoms with Crippen LogP contribution in [0.2, 0.25) is 0 Å². The lowest BCUT2D eigenvalue weighted by Crippen LogP contribution is -2.26. The molecule has 1 aromatic rings. The zero-order chi connectivity index (χ0) is 13.8. The molecule has 1 aliphatic heterocycles. The average molecular weight is 261 g/mol. The second-order valence-corrected chi connectivity index (χ2v) is 4.35. The van der Waals surface area contributed by atoms with Gasteiger partial charge in [0.05, 0.1) is 12.4 Å². The van der Waals surface area contributed by atoms with E-state index in [2.05, 4.69) is 22.1 Å². The topological polar surface area (TPSA) is 95.7 Å². The lowest BCUT2D eigenvalue weighted by molar-refractivity contribution is 0.454. The Bertz CT molecular complexity index is 526. The second-order valence-electron chi connectivity index (χ2n) is 4.35. The van der Waals surface area contributed by atoms with Crippen LogP contribution in [0.5, 0.6) is 0 Å². The van der Waals surface area contributed by atoms with Crippen molar-refractivity contribution in [2.24, 2.45) is 10.1 Å². The number of amidine groups is 1. The number of aliphatic imine (C=N–C) groups is 1. The molecule has 0 atom stereocenters. The first-order valence-electron chi connectivity index (χ1n) is 6.47. The molecule has 0 spiro atoms. The Morgan fingerprint density at radius 2 is 2.05 bits per heavy atom. The van der Waals surface area contributed by atoms with Crippen LogP contribution < -0.4 is 5.73 Å². The minimum absolute atomic E-state index is 0.310. The van der Waals surface area contributed by atoms with Gasteiger partial charge in [0, 0.05) is 13.1 Å². The van der Waals surface area contributed by atoms with Crippen molar-refractivity contribution in [3.05, 3.63) is 6.20 Å². The Kier molecular flexibility index (Phi) is 3.94. The Morgan fingerprint density at radius 3 is 2.74 bits per heavy atom. The van der Waals surface area contributed by atoms with E-state index in [1.165, 1.54) is 0 Å². The van der Waals surface area contributed by atoms with Crippen LogP contribution >= 0.6 is 0 Å². The Hall–Kier alpha value is -2.18. The van der Waals surface area contributed by atoms with Crippen molar-refractivity contribution in [3.63, 3.8) is 0 Å². The maximum Gasteiger partial charge on any atom is 0.169 e. The summed E-state index contributed by atoms with van der Waals surface area (Å²) in [6, 6.07) is 0. The molecule has 0 aromatic carbocycles. The van der Waals surface area contributed by atoms with Gasteiger partial charge < -0.3 is 5.73 Å². The number of rotatable bonds is 5. The van der Waals surface area contributed by atoms with Crippen LogP contribution in [0, 0.1) is 5.41 Å². The zero-order valence-electron chi connectivity index (χ0n) is 11.3. The van der Waals surface area contributed by atoms with Gasteiger partial charge in [0.1, 0.15) is 17.2 Å². The Morgan fingerprint density at radius 1 is 1.32 bits per heavy atom. The van der Waals surface area contributed by atoms with E-state index in [1.54, 1.807) is 22.1 Å². The third-order valence-corrected chi connectivity index (χ3v) is 2.79. The SMILES string of the molecule is CCCN1N=CC(=Nc2cnn(CCC)c2N)C1=N. The van der Waals surface area contributed by atoms with Crippen LogP contribution in [-0.4, -0.2) is 39.1 Å². The van der Waals surface area contributed by atoms with Crippen molar-refractivity contribution < 1.29 is 0 Å². The van der Waals surface area contributed by atoms with E-state index in [0.717, 1.165) is 25.9 Å². The summed E-state index contributed by atoms with van der Waals surface area (Å²) in [5.74, 6) is 0.842. The number of hydrazone groups is 1. The molecule has 0 unspecified atom stereocenters. The molecule has 7 nitrogen and oxygen atoms in total. The minimum atomic E-state index is 0.310. The average Bonchev–Trinajstić information content (AvgIpc) is 2.90. The molecule has 3 N–H and O–H groups in total. The molecule has 0 aliphatic carbocycles. The first-order valence-corrected chi connectivity index (χ1v) is 6.47. The van der Waals surface area contributed by atoms with E-state index in [-0.39, 0.29) is 0 Å². The minimum Gasteiger partial charge on any atom is -0.382 e. The van der Waals surface area contributed by atoms with Gasteiger partial charge in [-0.05, 0) is 12.8 Å². The number of aromatic nitrogens is 2. The van der Waals surface area contributed by atoms with E-state index >= 15 is 0 Å². The van der Waals surface area contributed by atoms with Gasteiger partial charge in [0.2, 0.25) is 0 Å². The van der Waals surface area contributed by atoms with Crippen LogP contribution in [-0.2, 0) is 6.54 Å². The van der Waals surface area contributed by atoms with Gasteiger partial charge in [-0.2, -0.15) is 10.2 Å². The molecule has 0 saturated heterocycles. The molecule has 2 heterocycles. The van der Waals surface area contributed by atoms with E-state index in [9.17, 15) is 0 Å². The fourth-order valence-corrected chi connectivity index (χ4v) is 1.83. The molecule has 0 bridgehead atoms. The molecular formula is C12H19N7. The molecule has 102 valence electrons. The normalized spacial score (nSPS) is 16.8. The van der Waals surface area contributed by atoms with Crippen molar-refractivity contribution >= 4 is 29.3 Å². The third kappa shape index (κ3) is 2.64. The smallest absolute Gasteiger partial charge is 0.169 e. The fourth-order valence-electron chi connectivity index (χ4n) is 1.83. The van der Waals surface area contributed by atoms with Gasteiger partial charge in [-0.15, -0.1) is 0 Å². The van der Waals surface area contributed by atoms with Crippen LogP contribution in [0.25, 0.3) is 0 Å². The van der Waals surface area contributed by atoms with Crippen molar-refractivity contribution in [2.45, 2.75) is 33.2 Å². The van der Waals surface area contributed by atoms with E-state index in [0.29, 0.717) is 23.1 Å². The van der Waals surface area contributed by atoms with Crippen molar-refractivity contribution in [3.8, 4) is 0 Å². The summed E-state index contributed by atoms with van der Waals surface area (Å²) in [4.78, 5) is 4.37. The van der Waals surface area contributed by atoms with E-state index < -0.39 is 0 Å². The highest BCUT2D eigenvalue weighted by molar-refractivity contribution is 6.63. The number of nitrogens with zero attached hydrogens (tertiary/aromatic N) is 5. The van der Waals surface area contributed by atoms with Crippen molar-refractivity contribution in [2.75, 3.05) is 12.3 Å². The standard InChI is InChI=1S/C12H19N7/c1-3-5-18-11(13)9(7-15-18)17-10-8-16-19(6-4-2)12(10)14/h7-8,13H,3-6,14H2,1-2H3. The largest absolute Gasteiger partial charge is 0.382 e. The number of nitrogens with two attached hydrogens (primary N) is 1. The van der Waals surface area contributed by atoms with Gasteiger partial charge in [-0.1, -0.05) is 13.8 Å². The maximum absolute atomic E-state index is 7.98. The van der Waals surface area contributed by atoms with Crippen LogP contribution in [0.15, 0.2) is 16.3 Å². The first kappa shape index (κ1) is 13.3. The molecule has 1 aliphatic rings. The summed E-state index contributed by atoms with van der Waals surface area (Å²) in [5, 5.41) is 17.9. The summed E-state index contributed by atoms with van der Waals surface area (Å²) < 4.78 is 1.72. The summed E-state index contributed by atoms with van der Waals surface area (Å²) >= 11 is 0. The first-order chi connectivity index (χ1) is 9.17. The summed E-state index contributed by atoms with van der Waals surface area (Å²) in [5.41, 5.74) is 7.09. The Balaban J connectivity index is 2.19. The number of anilines is 1.